The van der Waals surface area contributed by atoms with Gasteiger partial charge >= 0.3 is 0 Å². The molecule has 1 aliphatic carbocycles. The first kappa shape index (κ1) is 12.2. The molecule has 0 spiro atoms. The Labute approximate surface area is 110 Å². The molecule has 0 amide bonds. The Hall–Kier alpha value is -0.860. The highest BCUT2D eigenvalue weighted by atomic mass is 16.3. The van der Waals surface area contributed by atoms with E-state index in [1.807, 2.05) is 0 Å². The number of piperidine rings is 1. The van der Waals surface area contributed by atoms with E-state index in [0.29, 0.717) is 0 Å². The van der Waals surface area contributed by atoms with Crippen molar-refractivity contribution < 1.29 is 5.11 Å². The minimum Gasteiger partial charge on any atom is -0.393 e. The van der Waals surface area contributed by atoms with Crippen molar-refractivity contribution >= 4 is 0 Å². The number of likely N-dealkylation sites (tertiary alicyclic amines) is 1. The third-order valence-electron chi connectivity index (χ3n) is 4.44. The summed E-state index contributed by atoms with van der Waals surface area (Å²) in [6.07, 6.45) is 6.89. The summed E-state index contributed by atoms with van der Waals surface area (Å²) in [5.74, 6) is 0. The van der Waals surface area contributed by atoms with E-state index in [4.69, 9.17) is 0 Å². The molecular weight excluding hydrogens is 222 g/mol. The molecular formula is C16H23NO. The van der Waals surface area contributed by atoms with Gasteiger partial charge in [0.15, 0.2) is 0 Å². The molecule has 0 radical (unpaired) electrons. The Morgan fingerprint density at radius 2 is 1.89 bits per heavy atom. The third-order valence-corrected chi connectivity index (χ3v) is 4.44. The van der Waals surface area contributed by atoms with Gasteiger partial charge in [0.1, 0.15) is 0 Å². The monoisotopic (exact) mass is 245 g/mol. The number of hydrogen-bond acceptors (Lipinski definition) is 2. The lowest BCUT2D eigenvalue weighted by Gasteiger charge is -2.29. The van der Waals surface area contributed by atoms with Crippen LogP contribution in [0.5, 0.6) is 0 Å². The van der Waals surface area contributed by atoms with E-state index < -0.39 is 0 Å². The predicted molar refractivity (Wildman–Crippen MR) is 73.9 cm³/mol. The van der Waals surface area contributed by atoms with Crippen LogP contribution in [0.25, 0.3) is 0 Å². The summed E-state index contributed by atoms with van der Waals surface area (Å²) in [6.45, 7) is 3.27. The molecule has 1 aliphatic heterocycles. The Balaban J connectivity index is 1.54. The van der Waals surface area contributed by atoms with Crippen molar-refractivity contribution in [1.29, 1.82) is 0 Å². The average molecular weight is 245 g/mol. The van der Waals surface area contributed by atoms with Crippen LogP contribution in [-0.4, -0.2) is 35.7 Å². The van der Waals surface area contributed by atoms with E-state index in [2.05, 4.69) is 23.1 Å². The highest BCUT2D eigenvalue weighted by molar-refractivity contribution is 5.35. The molecule has 3 rings (SSSR count). The SMILES string of the molecule is OC1CCN(CCc2ccc3c(c2)CCC3)CC1. The summed E-state index contributed by atoms with van der Waals surface area (Å²) in [5.41, 5.74) is 4.64. The molecule has 1 aromatic carbocycles. The van der Waals surface area contributed by atoms with Gasteiger partial charge in [-0.1, -0.05) is 18.2 Å². The lowest BCUT2D eigenvalue weighted by atomic mass is 10.0. The molecule has 1 saturated heterocycles. The van der Waals surface area contributed by atoms with Gasteiger partial charge in [0.25, 0.3) is 0 Å². The summed E-state index contributed by atoms with van der Waals surface area (Å²) >= 11 is 0. The Morgan fingerprint density at radius 3 is 2.72 bits per heavy atom. The van der Waals surface area contributed by atoms with Gasteiger partial charge in [0, 0.05) is 19.6 Å². The van der Waals surface area contributed by atoms with Crippen LogP contribution in [0.1, 0.15) is 36.0 Å². The van der Waals surface area contributed by atoms with Gasteiger partial charge < -0.3 is 10.0 Å². The van der Waals surface area contributed by atoms with E-state index in [9.17, 15) is 5.11 Å². The van der Waals surface area contributed by atoms with Crippen molar-refractivity contribution in [2.45, 2.75) is 44.6 Å². The largest absolute Gasteiger partial charge is 0.393 e. The fraction of sp³-hybridized carbons (Fsp3) is 0.625. The van der Waals surface area contributed by atoms with Crippen LogP contribution in [0, 0.1) is 0 Å². The van der Waals surface area contributed by atoms with Crippen molar-refractivity contribution in [3.63, 3.8) is 0 Å². The second kappa shape index (κ2) is 5.41. The number of aliphatic hydroxyl groups excluding tert-OH is 1. The molecule has 1 fully saturated rings. The minimum absolute atomic E-state index is 0.0544. The highest BCUT2D eigenvalue weighted by Gasteiger charge is 2.16. The number of aryl methyl sites for hydroxylation is 2. The molecule has 0 aromatic heterocycles. The summed E-state index contributed by atoms with van der Waals surface area (Å²) < 4.78 is 0. The van der Waals surface area contributed by atoms with Gasteiger partial charge in [0.05, 0.1) is 6.10 Å². The first-order valence-electron chi connectivity index (χ1n) is 7.32. The molecule has 0 saturated carbocycles. The van der Waals surface area contributed by atoms with Gasteiger partial charge in [-0.2, -0.15) is 0 Å². The topological polar surface area (TPSA) is 23.5 Å². The molecule has 1 N–H and O–H groups in total. The molecule has 18 heavy (non-hydrogen) atoms. The van der Waals surface area contributed by atoms with Crippen LogP contribution in [0.2, 0.25) is 0 Å². The normalized spacial score (nSPS) is 21.2. The first-order valence-corrected chi connectivity index (χ1v) is 7.32. The number of nitrogens with zero attached hydrogens (tertiary/aromatic N) is 1. The van der Waals surface area contributed by atoms with E-state index in [0.717, 1.165) is 38.9 Å². The molecule has 1 aromatic rings. The van der Waals surface area contributed by atoms with E-state index >= 15 is 0 Å². The van der Waals surface area contributed by atoms with E-state index in [-0.39, 0.29) is 6.10 Å². The van der Waals surface area contributed by atoms with Crippen LogP contribution in [-0.2, 0) is 19.3 Å². The van der Waals surface area contributed by atoms with Crippen molar-refractivity contribution in [3.8, 4) is 0 Å². The van der Waals surface area contributed by atoms with Crippen LogP contribution in [0.4, 0.5) is 0 Å². The summed E-state index contributed by atoms with van der Waals surface area (Å²) in [5, 5.41) is 9.49. The number of aliphatic hydroxyl groups is 1. The second-order valence-electron chi connectivity index (χ2n) is 5.78. The van der Waals surface area contributed by atoms with Gasteiger partial charge in [-0.05, 0) is 55.2 Å². The van der Waals surface area contributed by atoms with Crippen molar-refractivity contribution in [1.82, 2.24) is 4.90 Å². The van der Waals surface area contributed by atoms with Gasteiger partial charge in [0.2, 0.25) is 0 Å². The van der Waals surface area contributed by atoms with Crippen LogP contribution in [0.3, 0.4) is 0 Å². The van der Waals surface area contributed by atoms with Crippen LogP contribution < -0.4 is 0 Å². The molecule has 98 valence electrons. The van der Waals surface area contributed by atoms with Gasteiger partial charge in [-0.25, -0.2) is 0 Å². The molecule has 2 heteroatoms. The Kier molecular flexibility index (Phi) is 3.67. The zero-order valence-electron chi connectivity index (χ0n) is 11.1. The lowest BCUT2D eigenvalue weighted by Crippen LogP contribution is -2.37. The van der Waals surface area contributed by atoms with Crippen LogP contribution >= 0.6 is 0 Å². The van der Waals surface area contributed by atoms with Crippen molar-refractivity contribution in [3.05, 3.63) is 34.9 Å². The fourth-order valence-electron chi connectivity index (χ4n) is 3.21. The van der Waals surface area contributed by atoms with E-state index in [1.54, 1.807) is 11.1 Å². The zero-order chi connectivity index (χ0) is 12.4. The fourth-order valence-corrected chi connectivity index (χ4v) is 3.21. The van der Waals surface area contributed by atoms with Crippen LogP contribution in [0.15, 0.2) is 18.2 Å². The zero-order valence-corrected chi connectivity index (χ0v) is 11.1. The van der Waals surface area contributed by atoms with Crippen molar-refractivity contribution in [2.24, 2.45) is 0 Å². The smallest absolute Gasteiger partial charge is 0.0564 e. The minimum atomic E-state index is -0.0544. The molecule has 1 heterocycles. The first-order chi connectivity index (χ1) is 8.81. The maximum Gasteiger partial charge on any atom is 0.0564 e. The summed E-state index contributed by atoms with van der Waals surface area (Å²) in [6, 6.07) is 7.06. The maximum absolute atomic E-state index is 9.49. The Bertz CT molecular complexity index is 408. The van der Waals surface area contributed by atoms with Crippen molar-refractivity contribution in [2.75, 3.05) is 19.6 Å². The average Bonchev–Trinajstić information content (AvgIpc) is 2.85. The molecule has 2 nitrogen and oxygen atoms in total. The second-order valence-corrected chi connectivity index (χ2v) is 5.78. The third kappa shape index (κ3) is 2.76. The Morgan fingerprint density at radius 1 is 1.11 bits per heavy atom. The number of hydrogen-bond donors (Lipinski definition) is 1. The molecule has 0 unspecified atom stereocenters. The molecule has 0 bridgehead atoms. The summed E-state index contributed by atoms with van der Waals surface area (Å²) in [4.78, 5) is 2.49. The number of fused-ring (bicyclic) bond motifs is 1. The standard InChI is InChI=1S/C16H23NO/c18-16-7-10-17(11-8-16)9-6-13-4-5-14-2-1-3-15(14)12-13/h4-5,12,16,18H,1-3,6-11H2. The van der Waals surface area contributed by atoms with Gasteiger partial charge in [-0.15, -0.1) is 0 Å². The molecule has 0 atom stereocenters. The maximum atomic E-state index is 9.49. The molecule has 2 aliphatic rings. The number of rotatable bonds is 3. The lowest BCUT2D eigenvalue weighted by molar-refractivity contribution is 0.0832. The summed E-state index contributed by atoms with van der Waals surface area (Å²) in [7, 11) is 0. The van der Waals surface area contributed by atoms with Gasteiger partial charge in [-0.3, -0.25) is 0 Å². The quantitative estimate of drug-likeness (QED) is 0.882. The number of benzene rings is 1. The highest BCUT2D eigenvalue weighted by Crippen LogP contribution is 2.23. The van der Waals surface area contributed by atoms with E-state index in [1.165, 1.54) is 24.8 Å². The predicted octanol–water partition coefficient (Wildman–Crippen LogP) is 2.17.